The van der Waals surface area contributed by atoms with E-state index in [0.717, 1.165) is 5.56 Å². The number of nitrogens with two attached hydrogens (primary N) is 1. The molecule has 5 heteroatoms. The molecule has 0 spiro atoms. The number of nitrogens with zero attached hydrogens (tertiary/aromatic N) is 1. The Balaban J connectivity index is 2.03. The highest BCUT2D eigenvalue weighted by Gasteiger charge is 2.39. The molecule has 1 saturated heterocycles. The number of amides is 1. The Morgan fingerprint density at radius 1 is 1.47 bits per heavy atom. The molecule has 0 saturated carbocycles. The summed E-state index contributed by atoms with van der Waals surface area (Å²) in [4.78, 5) is 16.4. The largest absolute Gasteiger partial charge is 0.381 e. The predicted molar refractivity (Wildman–Crippen MR) is 72.3 cm³/mol. The Bertz CT molecular complexity index is 416. The lowest BCUT2D eigenvalue weighted by Gasteiger charge is -2.35. The first-order valence-electron chi connectivity index (χ1n) is 6.67. The fourth-order valence-electron chi connectivity index (χ4n) is 2.37. The highest BCUT2D eigenvalue weighted by atomic mass is 16.5. The Kier molecular flexibility index (Phi) is 4.50. The van der Waals surface area contributed by atoms with Crippen LogP contribution >= 0.6 is 0 Å². The van der Waals surface area contributed by atoms with Gasteiger partial charge in [0.15, 0.2) is 0 Å². The molecule has 3 N–H and O–H groups in total. The number of carbonyl (C=O) groups excluding carboxylic acids is 1. The lowest BCUT2D eigenvalue weighted by molar-refractivity contribution is -0.136. The maximum absolute atomic E-state index is 12.5. The molecule has 1 fully saturated rings. The SMILES string of the molecule is C[C@@H](NC(=O)C1(CN)CCOCC1)c1ccncc1. The lowest BCUT2D eigenvalue weighted by atomic mass is 9.79. The summed E-state index contributed by atoms with van der Waals surface area (Å²) in [7, 11) is 0. The number of hydrogen-bond donors (Lipinski definition) is 2. The minimum Gasteiger partial charge on any atom is -0.381 e. The monoisotopic (exact) mass is 263 g/mol. The molecule has 2 rings (SSSR count). The van der Waals surface area contributed by atoms with Gasteiger partial charge in [0.25, 0.3) is 0 Å². The molecule has 1 aromatic rings. The van der Waals surface area contributed by atoms with Gasteiger partial charge < -0.3 is 15.8 Å². The standard InChI is InChI=1S/C14H21N3O2/c1-11(12-2-6-16-7-3-12)17-13(18)14(10-15)4-8-19-9-5-14/h2-3,6-7,11H,4-5,8-10,15H2,1H3,(H,17,18)/t11-/m1/s1. The first-order chi connectivity index (χ1) is 9.18. The van der Waals surface area contributed by atoms with Crippen LogP contribution in [0.1, 0.15) is 31.4 Å². The van der Waals surface area contributed by atoms with E-state index in [4.69, 9.17) is 10.5 Å². The molecule has 19 heavy (non-hydrogen) atoms. The van der Waals surface area contributed by atoms with Crippen LogP contribution in [-0.2, 0) is 9.53 Å². The summed E-state index contributed by atoms with van der Waals surface area (Å²) >= 11 is 0. The van der Waals surface area contributed by atoms with E-state index in [-0.39, 0.29) is 11.9 Å². The van der Waals surface area contributed by atoms with Crippen molar-refractivity contribution >= 4 is 5.91 Å². The molecular formula is C14H21N3O2. The number of carbonyl (C=O) groups is 1. The maximum atomic E-state index is 12.5. The summed E-state index contributed by atoms with van der Waals surface area (Å²) in [6.07, 6.45) is 4.84. The van der Waals surface area contributed by atoms with Crippen LogP contribution in [0, 0.1) is 5.41 Å². The molecule has 0 bridgehead atoms. The van der Waals surface area contributed by atoms with Crippen LogP contribution in [0.15, 0.2) is 24.5 Å². The quantitative estimate of drug-likeness (QED) is 0.850. The van der Waals surface area contributed by atoms with Gasteiger partial charge in [0, 0.05) is 32.2 Å². The van der Waals surface area contributed by atoms with Crippen LogP contribution in [0.4, 0.5) is 0 Å². The van der Waals surface area contributed by atoms with Crippen molar-refractivity contribution in [3.05, 3.63) is 30.1 Å². The van der Waals surface area contributed by atoms with Crippen LogP contribution in [0.5, 0.6) is 0 Å². The van der Waals surface area contributed by atoms with Crippen LogP contribution in [0.2, 0.25) is 0 Å². The second-order valence-electron chi connectivity index (χ2n) is 5.07. The van der Waals surface area contributed by atoms with Crippen molar-refractivity contribution in [2.24, 2.45) is 11.1 Å². The summed E-state index contributed by atoms with van der Waals surface area (Å²) in [5, 5.41) is 3.06. The zero-order chi connectivity index (χ0) is 13.7. The molecule has 1 aromatic heterocycles. The van der Waals surface area contributed by atoms with Crippen molar-refractivity contribution in [1.82, 2.24) is 10.3 Å². The van der Waals surface area contributed by atoms with E-state index in [2.05, 4.69) is 10.3 Å². The second kappa shape index (κ2) is 6.12. The third-order valence-corrected chi connectivity index (χ3v) is 3.88. The molecule has 0 aliphatic carbocycles. The van der Waals surface area contributed by atoms with Gasteiger partial charge in [0.1, 0.15) is 0 Å². The lowest BCUT2D eigenvalue weighted by Crippen LogP contribution is -2.49. The van der Waals surface area contributed by atoms with Crippen molar-refractivity contribution in [2.45, 2.75) is 25.8 Å². The maximum Gasteiger partial charge on any atom is 0.228 e. The van der Waals surface area contributed by atoms with E-state index >= 15 is 0 Å². The Morgan fingerprint density at radius 2 is 2.11 bits per heavy atom. The number of rotatable bonds is 4. The molecule has 0 radical (unpaired) electrons. The van der Waals surface area contributed by atoms with Crippen molar-refractivity contribution in [2.75, 3.05) is 19.8 Å². The van der Waals surface area contributed by atoms with Crippen molar-refractivity contribution in [3.63, 3.8) is 0 Å². The molecular weight excluding hydrogens is 242 g/mol. The molecule has 2 heterocycles. The average molecular weight is 263 g/mol. The fraction of sp³-hybridized carbons (Fsp3) is 0.571. The fourth-order valence-corrected chi connectivity index (χ4v) is 2.37. The normalized spacial score (nSPS) is 19.7. The molecule has 1 atom stereocenters. The summed E-state index contributed by atoms with van der Waals surface area (Å²) in [5.41, 5.74) is 6.40. The third kappa shape index (κ3) is 3.11. The molecule has 1 aliphatic rings. The zero-order valence-electron chi connectivity index (χ0n) is 11.3. The van der Waals surface area contributed by atoms with E-state index in [1.807, 2.05) is 19.1 Å². The van der Waals surface area contributed by atoms with Gasteiger partial charge in [-0.15, -0.1) is 0 Å². The second-order valence-corrected chi connectivity index (χ2v) is 5.07. The average Bonchev–Trinajstić information content (AvgIpc) is 2.48. The predicted octanol–water partition coefficient (Wildman–Crippen LogP) is 1.01. The summed E-state index contributed by atoms with van der Waals surface area (Å²) in [6, 6.07) is 3.77. The minimum absolute atomic E-state index is 0.0302. The number of nitrogens with one attached hydrogen (secondary N) is 1. The first kappa shape index (κ1) is 14.0. The van der Waals surface area contributed by atoms with E-state index in [1.165, 1.54) is 0 Å². The number of pyridine rings is 1. The van der Waals surface area contributed by atoms with Crippen molar-refractivity contribution in [3.8, 4) is 0 Å². The summed E-state index contributed by atoms with van der Waals surface area (Å²) in [6.45, 7) is 3.55. The Hall–Kier alpha value is -1.46. The van der Waals surface area contributed by atoms with Crippen LogP contribution in [-0.4, -0.2) is 30.6 Å². The minimum atomic E-state index is -0.473. The Morgan fingerprint density at radius 3 is 2.68 bits per heavy atom. The number of ether oxygens (including phenoxy) is 1. The van der Waals surface area contributed by atoms with Gasteiger partial charge >= 0.3 is 0 Å². The number of hydrogen-bond acceptors (Lipinski definition) is 4. The highest BCUT2D eigenvalue weighted by molar-refractivity contribution is 5.83. The molecule has 0 unspecified atom stereocenters. The van der Waals surface area contributed by atoms with E-state index in [1.54, 1.807) is 12.4 Å². The molecule has 1 amide bonds. The van der Waals surface area contributed by atoms with Crippen LogP contribution in [0.25, 0.3) is 0 Å². The van der Waals surface area contributed by atoms with Crippen molar-refractivity contribution < 1.29 is 9.53 Å². The molecule has 5 nitrogen and oxygen atoms in total. The van der Waals surface area contributed by atoms with E-state index in [9.17, 15) is 4.79 Å². The topological polar surface area (TPSA) is 77.2 Å². The van der Waals surface area contributed by atoms with E-state index < -0.39 is 5.41 Å². The van der Waals surface area contributed by atoms with Crippen LogP contribution in [0.3, 0.4) is 0 Å². The third-order valence-electron chi connectivity index (χ3n) is 3.88. The zero-order valence-corrected chi connectivity index (χ0v) is 11.3. The van der Waals surface area contributed by atoms with Gasteiger partial charge in [-0.05, 0) is 37.5 Å². The molecule has 104 valence electrons. The smallest absolute Gasteiger partial charge is 0.228 e. The van der Waals surface area contributed by atoms with Gasteiger partial charge in [-0.1, -0.05) is 0 Å². The van der Waals surface area contributed by atoms with Gasteiger partial charge in [-0.3, -0.25) is 9.78 Å². The summed E-state index contributed by atoms with van der Waals surface area (Å²) in [5.74, 6) is 0.0302. The van der Waals surface area contributed by atoms with Gasteiger partial charge in [0.2, 0.25) is 5.91 Å². The van der Waals surface area contributed by atoms with E-state index in [0.29, 0.717) is 32.6 Å². The molecule has 1 aliphatic heterocycles. The highest BCUT2D eigenvalue weighted by Crippen LogP contribution is 2.30. The first-order valence-corrected chi connectivity index (χ1v) is 6.67. The van der Waals surface area contributed by atoms with Gasteiger partial charge in [-0.2, -0.15) is 0 Å². The Labute approximate surface area is 113 Å². The van der Waals surface area contributed by atoms with Crippen molar-refractivity contribution in [1.29, 1.82) is 0 Å². The number of aromatic nitrogens is 1. The van der Waals surface area contributed by atoms with Gasteiger partial charge in [0.05, 0.1) is 11.5 Å². The van der Waals surface area contributed by atoms with Crippen LogP contribution < -0.4 is 11.1 Å². The van der Waals surface area contributed by atoms with Gasteiger partial charge in [-0.25, -0.2) is 0 Å². The summed E-state index contributed by atoms with van der Waals surface area (Å²) < 4.78 is 5.32. The molecule has 0 aromatic carbocycles.